The third-order valence-electron chi connectivity index (χ3n) is 2.27. The lowest BCUT2D eigenvalue weighted by atomic mass is 10.0. The van der Waals surface area contributed by atoms with Crippen LogP contribution < -0.4 is 16.2 Å². The average molecular weight is 354 g/mol. The minimum Gasteiger partial charge on any atom is -0.503 e. The maximum absolute atomic E-state index is 9.75. The highest BCUT2D eigenvalue weighted by Gasteiger charge is 2.18. The van der Waals surface area contributed by atoms with Crippen LogP contribution in [0.4, 0.5) is 0 Å². The summed E-state index contributed by atoms with van der Waals surface area (Å²) in [6.07, 6.45) is 0.666. The van der Waals surface area contributed by atoms with Crippen LogP contribution in [0.3, 0.4) is 0 Å². The fourth-order valence-electron chi connectivity index (χ4n) is 1.37. The second kappa shape index (κ2) is 5.86. The molecular weight excluding hydrogens is 340 g/mol. The molecule has 0 amide bonds. The van der Waals surface area contributed by atoms with Crippen molar-refractivity contribution in [3.63, 3.8) is 0 Å². The van der Waals surface area contributed by atoms with Gasteiger partial charge in [0.15, 0.2) is 11.5 Å². The average Bonchev–Trinajstić information content (AvgIpc) is 2.27. The van der Waals surface area contributed by atoms with Crippen molar-refractivity contribution in [2.75, 3.05) is 13.7 Å². The Bertz CT molecular complexity index is 386. The Balaban J connectivity index is 3.24. The number of phenols is 1. The number of ether oxygens (including phenoxy) is 1. The lowest BCUT2D eigenvalue weighted by Gasteiger charge is -2.16. The lowest BCUT2D eigenvalue weighted by molar-refractivity contribution is 0.370. The van der Waals surface area contributed by atoms with Crippen LogP contribution in [0.2, 0.25) is 0 Å². The van der Waals surface area contributed by atoms with E-state index >= 15 is 0 Å². The molecule has 0 aliphatic heterocycles. The second-order valence-corrected chi connectivity index (χ2v) is 4.91. The van der Waals surface area contributed by atoms with E-state index in [9.17, 15) is 5.11 Å². The van der Waals surface area contributed by atoms with E-state index < -0.39 is 0 Å². The molecule has 1 rings (SSSR count). The molecule has 0 bridgehead atoms. The van der Waals surface area contributed by atoms with Crippen LogP contribution in [-0.2, 0) is 0 Å². The fourth-order valence-corrected chi connectivity index (χ4v) is 2.39. The Labute approximate surface area is 111 Å². The summed E-state index contributed by atoms with van der Waals surface area (Å²) < 4.78 is 6.33. The molecule has 1 aromatic carbocycles. The van der Waals surface area contributed by atoms with E-state index in [1.807, 2.05) is 0 Å². The van der Waals surface area contributed by atoms with Gasteiger partial charge in [-0.05, 0) is 56.5 Å². The van der Waals surface area contributed by atoms with Crippen LogP contribution in [0.25, 0.3) is 0 Å². The number of hydrogen-bond donors (Lipinski definition) is 3. The number of nitrogens with two attached hydrogens (primary N) is 2. The summed E-state index contributed by atoms with van der Waals surface area (Å²) in [5.74, 6) is 0.440. The number of phenolic OH excluding ortho intramolecular Hbond substituents is 1. The molecule has 0 heterocycles. The predicted octanol–water partition coefficient (Wildman–Crippen LogP) is 2.27. The first kappa shape index (κ1) is 13.8. The van der Waals surface area contributed by atoms with Gasteiger partial charge in [0.05, 0.1) is 11.6 Å². The van der Waals surface area contributed by atoms with Gasteiger partial charge in [-0.25, -0.2) is 0 Å². The summed E-state index contributed by atoms with van der Waals surface area (Å²) >= 11 is 6.66. The molecule has 16 heavy (non-hydrogen) atoms. The standard InChI is InChI=1S/C10H14Br2N2O2/c1-16-7-4-5(6(14)2-3-13)8(11)9(12)10(7)15/h4,6,15H,2-3,13-14H2,1H3/t6-/m0/s1. The van der Waals surface area contributed by atoms with Gasteiger partial charge in [0, 0.05) is 10.5 Å². The van der Waals surface area contributed by atoms with Gasteiger partial charge in [0.2, 0.25) is 0 Å². The molecule has 0 aliphatic carbocycles. The fraction of sp³-hybridized carbons (Fsp3) is 0.400. The normalized spacial score (nSPS) is 12.6. The highest BCUT2D eigenvalue weighted by atomic mass is 79.9. The molecule has 0 aromatic heterocycles. The first-order chi connectivity index (χ1) is 7.52. The minimum absolute atomic E-state index is 0.0538. The van der Waals surface area contributed by atoms with E-state index in [1.165, 1.54) is 7.11 Å². The van der Waals surface area contributed by atoms with E-state index in [1.54, 1.807) is 6.07 Å². The number of methoxy groups -OCH3 is 1. The van der Waals surface area contributed by atoms with Gasteiger partial charge >= 0.3 is 0 Å². The third-order valence-corrected chi connectivity index (χ3v) is 4.43. The first-order valence-corrected chi connectivity index (χ1v) is 6.32. The van der Waals surface area contributed by atoms with Crippen LogP contribution in [0.1, 0.15) is 18.0 Å². The van der Waals surface area contributed by atoms with Crippen molar-refractivity contribution in [3.8, 4) is 11.5 Å². The van der Waals surface area contributed by atoms with Crippen LogP contribution >= 0.6 is 31.9 Å². The van der Waals surface area contributed by atoms with Crippen molar-refractivity contribution >= 4 is 31.9 Å². The Hall–Kier alpha value is -0.300. The smallest absolute Gasteiger partial charge is 0.173 e. The molecular formula is C10H14Br2N2O2. The Morgan fingerprint density at radius 1 is 1.44 bits per heavy atom. The third kappa shape index (κ3) is 2.68. The van der Waals surface area contributed by atoms with E-state index in [2.05, 4.69) is 31.9 Å². The van der Waals surface area contributed by atoms with Crippen molar-refractivity contribution < 1.29 is 9.84 Å². The maximum Gasteiger partial charge on any atom is 0.173 e. The zero-order valence-corrected chi connectivity index (χ0v) is 12.0. The van der Waals surface area contributed by atoms with E-state index in [0.29, 0.717) is 23.2 Å². The molecule has 6 heteroatoms. The summed E-state index contributed by atoms with van der Waals surface area (Å²) in [6.45, 7) is 0.508. The van der Waals surface area contributed by atoms with Crippen molar-refractivity contribution in [2.45, 2.75) is 12.5 Å². The Kier molecular flexibility index (Phi) is 5.04. The number of rotatable bonds is 4. The molecule has 0 saturated heterocycles. The molecule has 1 aromatic rings. The van der Waals surface area contributed by atoms with Gasteiger partial charge in [-0.15, -0.1) is 0 Å². The van der Waals surface area contributed by atoms with Crippen molar-refractivity contribution in [3.05, 3.63) is 20.6 Å². The molecule has 5 N–H and O–H groups in total. The van der Waals surface area contributed by atoms with Gasteiger partial charge in [-0.3, -0.25) is 0 Å². The summed E-state index contributed by atoms with van der Waals surface area (Å²) in [4.78, 5) is 0. The zero-order chi connectivity index (χ0) is 12.3. The number of halogens is 2. The molecule has 0 radical (unpaired) electrons. The molecule has 90 valence electrons. The molecule has 0 saturated carbocycles. The quantitative estimate of drug-likeness (QED) is 0.775. The van der Waals surface area contributed by atoms with Crippen molar-refractivity contribution in [2.24, 2.45) is 11.5 Å². The van der Waals surface area contributed by atoms with Gasteiger partial charge in [-0.1, -0.05) is 0 Å². The minimum atomic E-state index is -0.190. The summed E-state index contributed by atoms with van der Waals surface area (Å²) in [6, 6.07) is 1.52. The summed E-state index contributed by atoms with van der Waals surface area (Å²) in [5.41, 5.74) is 12.3. The molecule has 1 atom stereocenters. The SMILES string of the molecule is COc1cc([C@@H](N)CCN)c(Br)c(Br)c1O. The van der Waals surface area contributed by atoms with Gasteiger partial charge in [-0.2, -0.15) is 0 Å². The lowest BCUT2D eigenvalue weighted by Crippen LogP contribution is -2.16. The van der Waals surface area contributed by atoms with Gasteiger partial charge < -0.3 is 21.3 Å². The largest absolute Gasteiger partial charge is 0.503 e. The molecule has 4 nitrogen and oxygen atoms in total. The van der Waals surface area contributed by atoms with Crippen LogP contribution in [0.15, 0.2) is 15.0 Å². The van der Waals surface area contributed by atoms with Crippen LogP contribution in [0, 0.1) is 0 Å². The number of hydrogen-bond acceptors (Lipinski definition) is 4. The molecule has 0 unspecified atom stereocenters. The summed E-state index contributed by atoms with van der Waals surface area (Å²) in [5, 5.41) is 9.75. The van der Waals surface area contributed by atoms with Crippen LogP contribution in [0.5, 0.6) is 11.5 Å². The molecule has 0 fully saturated rings. The highest BCUT2D eigenvalue weighted by molar-refractivity contribution is 9.13. The molecule has 0 spiro atoms. The maximum atomic E-state index is 9.75. The van der Waals surface area contributed by atoms with Crippen molar-refractivity contribution in [1.82, 2.24) is 0 Å². The van der Waals surface area contributed by atoms with Crippen molar-refractivity contribution in [1.29, 1.82) is 0 Å². The molecule has 0 aliphatic rings. The number of aromatic hydroxyl groups is 1. The zero-order valence-electron chi connectivity index (χ0n) is 8.84. The Morgan fingerprint density at radius 3 is 2.56 bits per heavy atom. The summed E-state index contributed by atoms with van der Waals surface area (Å²) in [7, 11) is 1.49. The van der Waals surface area contributed by atoms with Gasteiger partial charge in [0.1, 0.15) is 0 Å². The second-order valence-electron chi connectivity index (χ2n) is 3.33. The highest BCUT2D eigenvalue weighted by Crippen LogP contribution is 2.43. The number of benzene rings is 1. The monoisotopic (exact) mass is 352 g/mol. The van der Waals surface area contributed by atoms with E-state index in [0.717, 1.165) is 10.0 Å². The Morgan fingerprint density at radius 2 is 2.06 bits per heavy atom. The van der Waals surface area contributed by atoms with Gasteiger partial charge in [0.25, 0.3) is 0 Å². The first-order valence-electron chi connectivity index (χ1n) is 4.73. The predicted molar refractivity (Wildman–Crippen MR) is 70.7 cm³/mol. The van der Waals surface area contributed by atoms with E-state index in [4.69, 9.17) is 16.2 Å². The topological polar surface area (TPSA) is 81.5 Å². The van der Waals surface area contributed by atoms with Crippen LogP contribution in [-0.4, -0.2) is 18.8 Å². The van der Waals surface area contributed by atoms with E-state index in [-0.39, 0.29) is 11.8 Å².